The molecule has 0 heterocycles. The second-order valence-electron chi connectivity index (χ2n) is 6.08. The van der Waals surface area contributed by atoms with E-state index in [-0.39, 0.29) is 10.9 Å². The van der Waals surface area contributed by atoms with Crippen LogP contribution in [0.5, 0.6) is 5.75 Å². The van der Waals surface area contributed by atoms with Crippen molar-refractivity contribution in [3.63, 3.8) is 0 Å². The van der Waals surface area contributed by atoms with Gasteiger partial charge in [-0.1, -0.05) is 19.8 Å². The van der Waals surface area contributed by atoms with Gasteiger partial charge in [0.05, 0.1) is 7.11 Å². The summed E-state index contributed by atoms with van der Waals surface area (Å²) in [4.78, 5) is 0.242. The summed E-state index contributed by atoms with van der Waals surface area (Å²) in [5.41, 5.74) is 1.98. The molecule has 1 aromatic carbocycles. The molecule has 1 aliphatic carbocycles. The Balaban J connectivity index is 2.33. The molecule has 0 saturated heterocycles. The number of hydrogen-bond acceptors (Lipinski definition) is 3. The summed E-state index contributed by atoms with van der Waals surface area (Å²) in [6.45, 7) is 5.98. The van der Waals surface area contributed by atoms with Gasteiger partial charge in [-0.15, -0.1) is 0 Å². The summed E-state index contributed by atoms with van der Waals surface area (Å²) in [5, 5.41) is 0. The van der Waals surface area contributed by atoms with Gasteiger partial charge in [-0.2, -0.15) is 0 Å². The quantitative estimate of drug-likeness (QED) is 0.929. The van der Waals surface area contributed by atoms with E-state index in [4.69, 9.17) is 4.74 Å². The molecule has 1 aliphatic rings. The first-order chi connectivity index (χ1) is 9.85. The number of sulfonamides is 1. The first-order valence-corrected chi connectivity index (χ1v) is 9.01. The van der Waals surface area contributed by atoms with E-state index in [9.17, 15) is 8.42 Å². The molecule has 21 heavy (non-hydrogen) atoms. The van der Waals surface area contributed by atoms with E-state index >= 15 is 0 Å². The van der Waals surface area contributed by atoms with E-state index in [1.54, 1.807) is 12.1 Å². The maximum absolute atomic E-state index is 12.7. The zero-order chi connectivity index (χ0) is 15.6. The number of nitrogens with one attached hydrogen (secondary N) is 1. The van der Waals surface area contributed by atoms with Gasteiger partial charge in [0, 0.05) is 6.04 Å². The van der Waals surface area contributed by atoms with Crippen molar-refractivity contribution in [2.45, 2.75) is 57.4 Å². The number of methoxy groups -OCH3 is 1. The Morgan fingerprint density at radius 2 is 1.76 bits per heavy atom. The minimum Gasteiger partial charge on any atom is -0.495 e. The van der Waals surface area contributed by atoms with Gasteiger partial charge in [0.25, 0.3) is 0 Å². The summed E-state index contributed by atoms with van der Waals surface area (Å²) in [6, 6.07) is 3.51. The van der Waals surface area contributed by atoms with Crippen LogP contribution in [0.3, 0.4) is 0 Å². The molecule has 4 nitrogen and oxygen atoms in total. The fraction of sp³-hybridized carbons (Fsp3) is 0.625. The monoisotopic (exact) mass is 311 g/mol. The minimum absolute atomic E-state index is 0.0232. The lowest BCUT2D eigenvalue weighted by molar-refractivity contribution is 0.310. The Hall–Kier alpha value is -1.07. The van der Waals surface area contributed by atoms with Crippen LogP contribution in [0, 0.1) is 19.8 Å². The molecule has 2 atom stereocenters. The molecule has 2 rings (SSSR count). The highest BCUT2D eigenvalue weighted by atomic mass is 32.2. The van der Waals surface area contributed by atoms with Crippen LogP contribution in [-0.2, 0) is 10.0 Å². The van der Waals surface area contributed by atoms with Gasteiger partial charge in [-0.3, -0.25) is 0 Å². The molecule has 0 spiro atoms. The first-order valence-electron chi connectivity index (χ1n) is 7.52. The first kappa shape index (κ1) is 16.3. The van der Waals surface area contributed by atoms with Crippen LogP contribution in [0.4, 0.5) is 0 Å². The van der Waals surface area contributed by atoms with Crippen LogP contribution in [-0.4, -0.2) is 21.6 Å². The lowest BCUT2D eigenvalue weighted by Gasteiger charge is -2.29. The molecule has 0 bridgehead atoms. The largest absolute Gasteiger partial charge is 0.495 e. The third-order valence-electron chi connectivity index (χ3n) is 4.49. The predicted octanol–water partition coefficient (Wildman–Crippen LogP) is 3.17. The molecule has 5 heteroatoms. The molecule has 1 saturated carbocycles. The minimum atomic E-state index is -3.55. The van der Waals surface area contributed by atoms with E-state index in [1.807, 2.05) is 13.8 Å². The summed E-state index contributed by atoms with van der Waals surface area (Å²) in [5.74, 6) is 0.792. The number of hydrogen-bond donors (Lipinski definition) is 1. The topological polar surface area (TPSA) is 55.4 Å². The van der Waals surface area contributed by atoms with Gasteiger partial charge < -0.3 is 4.74 Å². The lowest BCUT2D eigenvalue weighted by Crippen LogP contribution is -2.41. The van der Waals surface area contributed by atoms with Crippen molar-refractivity contribution < 1.29 is 13.2 Å². The van der Waals surface area contributed by atoms with Gasteiger partial charge in [-0.25, -0.2) is 13.1 Å². The standard InChI is InChI=1S/C16H25NO3S/c1-11-7-5-6-8-14(11)17-21(18,19)16-10-13(3)12(2)9-15(16)20-4/h9-11,14,17H,5-8H2,1-4H3/t11-,14+/m1/s1. The van der Waals surface area contributed by atoms with Gasteiger partial charge >= 0.3 is 0 Å². The Morgan fingerprint density at radius 1 is 1.14 bits per heavy atom. The number of rotatable bonds is 4. The molecule has 0 aliphatic heterocycles. The van der Waals surface area contributed by atoms with Crippen LogP contribution < -0.4 is 9.46 Å². The summed E-state index contributed by atoms with van der Waals surface area (Å²) < 4.78 is 33.5. The molecule has 0 radical (unpaired) electrons. The second-order valence-corrected chi connectivity index (χ2v) is 7.76. The van der Waals surface area contributed by atoms with Crippen molar-refractivity contribution in [3.8, 4) is 5.75 Å². The van der Waals surface area contributed by atoms with Crippen LogP contribution >= 0.6 is 0 Å². The van der Waals surface area contributed by atoms with Gasteiger partial charge in [0.1, 0.15) is 10.6 Å². The van der Waals surface area contributed by atoms with Crippen molar-refractivity contribution in [1.82, 2.24) is 4.72 Å². The zero-order valence-corrected chi connectivity index (χ0v) is 14.1. The van der Waals surface area contributed by atoms with Crippen molar-refractivity contribution in [3.05, 3.63) is 23.3 Å². The highest BCUT2D eigenvalue weighted by molar-refractivity contribution is 7.89. The van der Waals surface area contributed by atoms with Crippen LogP contribution in [0.2, 0.25) is 0 Å². The summed E-state index contributed by atoms with van der Waals surface area (Å²) >= 11 is 0. The molecule has 1 N–H and O–H groups in total. The average molecular weight is 311 g/mol. The lowest BCUT2D eigenvalue weighted by atomic mass is 9.87. The van der Waals surface area contributed by atoms with E-state index in [2.05, 4.69) is 11.6 Å². The zero-order valence-electron chi connectivity index (χ0n) is 13.3. The SMILES string of the molecule is COc1cc(C)c(C)cc1S(=O)(=O)N[C@H]1CCCC[C@H]1C. The Kier molecular flexibility index (Phi) is 4.94. The number of benzene rings is 1. The highest BCUT2D eigenvalue weighted by Crippen LogP contribution is 2.30. The van der Waals surface area contributed by atoms with E-state index in [0.717, 1.165) is 30.4 Å². The number of ether oxygens (including phenoxy) is 1. The Bertz CT molecular complexity index is 610. The fourth-order valence-corrected chi connectivity index (χ4v) is 4.50. The molecule has 118 valence electrons. The third kappa shape index (κ3) is 3.58. The average Bonchev–Trinajstić information content (AvgIpc) is 2.43. The van der Waals surface area contributed by atoms with Crippen molar-refractivity contribution >= 4 is 10.0 Å². The third-order valence-corrected chi connectivity index (χ3v) is 6.00. The maximum atomic E-state index is 12.7. The van der Waals surface area contributed by atoms with Crippen LogP contribution in [0.15, 0.2) is 17.0 Å². The molecular formula is C16H25NO3S. The number of aryl methyl sites for hydroxylation is 2. The molecule has 1 aromatic rings. The van der Waals surface area contributed by atoms with Gasteiger partial charge in [0.2, 0.25) is 10.0 Å². The molecule has 0 amide bonds. The summed E-state index contributed by atoms with van der Waals surface area (Å²) in [6.07, 6.45) is 4.26. The Labute approximate surface area is 127 Å². The molecular weight excluding hydrogens is 286 g/mol. The van der Waals surface area contributed by atoms with Crippen molar-refractivity contribution in [1.29, 1.82) is 0 Å². The van der Waals surface area contributed by atoms with Crippen molar-refractivity contribution in [2.75, 3.05) is 7.11 Å². The second kappa shape index (κ2) is 6.36. The highest BCUT2D eigenvalue weighted by Gasteiger charge is 2.28. The maximum Gasteiger partial charge on any atom is 0.244 e. The predicted molar refractivity (Wildman–Crippen MR) is 84.2 cm³/mol. The van der Waals surface area contributed by atoms with Crippen molar-refractivity contribution in [2.24, 2.45) is 5.92 Å². The normalized spacial score (nSPS) is 23.0. The van der Waals surface area contributed by atoms with Gasteiger partial charge in [0.15, 0.2) is 0 Å². The smallest absolute Gasteiger partial charge is 0.244 e. The molecule has 0 aromatic heterocycles. The van der Waals surface area contributed by atoms with Crippen LogP contribution in [0.25, 0.3) is 0 Å². The van der Waals surface area contributed by atoms with E-state index < -0.39 is 10.0 Å². The summed E-state index contributed by atoms with van der Waals surface area (Å²) in [7, 11) is -2.04. The van der Waals surface area contributed by atoms with Gasteiger partial charge in [-0.05, 0) is 55.9 Å². The molecule has 0 unspecified atom stereocenters. The fourth-order valence-electron chi connectivity index (χ4n) is 2.89. The van der Waals surface area contributed by atoms with E-state index in [0.29, 0.717) is 11.7 Å². The molecule has 1 fully saturated rings. The van der Waals surface area contributed by atoms with E-state index in [1.165, 1.54) is 13.5 Å². The van der Waals surface area contributed by atoms with Crippen LogP contribution in [0.1, 0.15) is 43.7 Å². The Morgan fingerprint density at radius 3 is 2.38 bits per heavy atom.